The second-order valence-electron chi connectivity index (χ2n) is 31.7. The molecule has 0 unspecified atom stereocenters. The topological polar surface area (TPSA) is 618 Å². The number of anilines is 6. The number of rotatable bonds is 20. The van der Waals surface area contributed by atoms with E-state index in [0.29, 0.717) is 146 Å². The molecule has 740 valence electrons. The molecule has 0 spiro atoms. The largest absolute Gasteiger partial charge is 1.00 e. The van der Waals surface area contributed by atoms with Gasteiger partial charge in [0.1, 0.15) is 74.4 Å². The Morgan fingerprint density at radius 1 is 0.385 bits per heavy atom. The van der Waals surface area contributed by atoms with Gasteiger partial charge < -0.3 is 123 Å². The van der Waals surface area contributed by atoms with E-state index in [4.69, 9.17) is 86.8 Å². The summed E-state index contributed by atoms with van der Waals surface area (Å²) in [6, 6.07) is 51.0. The fraction of sp³-hybridized carbons (Fsp3) is 0.232. The minimum atomic E-state index is -0.401. The molecular formula is C99H110AlCl2LiN24O16. The molecule has 21 N–H and O–H groups in total. The molecule has 0 amide bonds. The van der Waals surface area contributed by atoms with Gasteiger partial charge in [-0.15, -0.1) is 11.6 Å². The van der Waals surface area contributed by atoms with Gasteiger partial charge in [0.25, 0.3) is 0 Å². The van der Waals surface area contributed by atoms with Gasteiger partial charge >= 0.3 is 36.8 Å². The van der Waals surface area contributed by atoms with Crippen LogP contribution in [-0.4, -0.2) is 203 Å². The first-order valence-electron chi connectivity index (χ1n) is 44.1. The molecule has 0 aliphatic carbocycles. The van der Waals surface area contributed by atoms with Gasteiger partial charge in [-0.05, 0) is 249 Å². The molecule has 1 saturated heterocycles. The molecule has 0 bridgehead atoms. The average Bonchev–Trinajstić information content (AvgIpc) is 1.66. The van der Waals surface area contributed by atoms with Crippen LogP contribution in [0, 0.1) is 34.6 Å². The smallest absolute Gasteiger partial charge is 1.00 e. The monoisotopic (exact) mass is 1990 g/mol. The van der Waals surface area contributed by atoms with Crippen LogP contribution in [-0.2, 0) is 70.8 Å². The SMILES string of the molecule is C1CCOC1.CCOC(=O)c1ccc2c(c1)nc(N)n2Cc1nc(C)ccc1O.CCOC(=O)c1ccc2nc(N)[nH]c2c1.CCOC(=O)c1ccc2nc(N)n(Cc3nc(C)ccc3O)c2c1.Cc1ccc(O)c(Cn2c(N)nc3cc(CO)ccc32)n1.Cc1ccc(O)c(Cn2c(N)nc3ccc(C=O)cc32)n1.Cc1ccc(O)c(Cn2c(N)nc3ccc(CO)cc32)n1.Oc1ccc(Cl)nc1CCl.[AlH3].[H-].[Li+]. The first kappa shape index (κ1) is 109. The number of aliphatic hydroxyl groups is 2. The first-order valence-corrected chi connectivity index (χ1v) is 45.0. The van der Waals surface area contributed by atoms with E-state index in [-0.39, 0.29) is 129 Å². The molecule has 1 aliphatic rings. The number of aliphatic hydroxyl groups excluding tert-OH is 2. The number of fused-ring (bicyclic) bond motifs is 6. The van der Waals surface area contributed by atoms with Crippen LogP contribution in [0.5, 0.6) is 34.5 Å². The number of imidazole rings is 6. The molecule has 0 atom stereocenters. The Kier molecular flexibility index (Phi) is 38.9. The van der Waals surface area contributed by atoms with Crippen molar-refractivity contribution in [2.24, 2.45) is 0 Å². The number of nitrogens with two attached hydrogens (primary N) is 6. The number of aryl methyl sites for hydroxylation is 5. The van der Waals surface area contributed by atoms with Crippen LogP contribution in [0.1, 0.15) is 150 Å². The van der Waals surface area contributed by atoms with Crippen molar-refractivity contribution in [1.82, 2.24) is 87.6 Å². The molecule has 1 aliphatic heterocycles. The van der Waals surface area contributed by atoms with Crippen LogP contribution in [0.3, 0.4) is 0 Å². The van der Waals surface area contributed by atoms with E-state index in [2.05, 4.69) is 64.8 Å². The van der Waals surface area contributed by atoms with Crippen molar-refractivity contribution < 1.29 is 99.3 Å². The van der Waals surface area contributed by atoms with E-state index in [1.165, 1.54) is 25.0 Å². The molecule has 18 aromatic rings. The standard InChI is InChI=1S/2C17H18N4O3.2C15H16N4O2.C15H14N4O2.C10H11N3O2.C6H5Cl2NO.C4H8O.Al.Li.4H/c1-3-24-16(23)11-5-6-14-12(8-11)20-17(18)21(14)9-13-15(22)7-4-10(2)19-13;1-3-24-16(23)11-5-6-12-14(8-11)21(17(18)20-12)9-13-15(22)7-4-10(2)19-13;1-9-2-5-14(21)12(17-9)7-19-13-4-3-10(8-20)6-11(13)18-15(19)16;2*1-9-2-5-14(21)12(17-9)7-19-13-6-10(8-20)3-4-11(13)18-15(19)16;1-2-15-9(14)6-3-4-7-8(5-6)13-10(11)12-7;7-3-4-5(10)1-2-6(8)9-4;1-2-4-5-3-1;;;;;;/h2*4-8,22H,3,9H2,1-2H3,(H2,18,20);2*2-6,20-21H,7-8H2,1H3,(H2,16,18);2-6,8,21H,7H2,1H3,(H2,16,18);3-5H,2H2,1H3,(H3,11,12,13);1-2,10H,3H2;1-4H2;;;;;;/q;;;;;;;;;+1;;;;-1. The van der Waals surface area contributed by atoms with Gasteiger partial charge in [0.15, 0.2) is 23.3 Å². The summed E-state index contributed by atoms with van der Waals surface area (Å²) in [5.41, 5.74) is 54.5. The molecule has 40 nitrogen and oxygen atoms in total. The number of carbonyl (C=O) groups is 4. The molecule has 0 radical (unpaired) electrons. The molecule has 1 fully saturated rings. The quantitative estimate of drug-likeness (QED) is 0.00842. The van der Waals surface area contributed by atoms with E-state index in [9.17, 15) is 49.8 Å². The number of benzene rings is 6. The summed E-state index contributed by atoms with van der Waals surface area (Å²) in [6.07, 6.45) is 3.33. The number of H-pyrrole nitrogens is 1. The number of carbonyl (C=O) groups excluding carboxylic acids is 4. The maximum atomic E-state index is 11.9. The molecule has 143 heavy (non-hydrogen) atoms. The number of hydrogen-bond acceptors (Lipinski definition) is 34. The fourth-order valence-electron chi connectivity index (χ4n) is 14.4. The van der Waals surface area contributed by atoms with Crippen LogP contribution in [0.4, 0.5) is 35.7 Å². The summed E-state index contributed by atoms with van der Waals surface area (Å²) in [5, 5.41) is 77.5. The molecule has 6 aromatic carbocycles. The van der Waals surface area contributed by atoms with Gasteiger partial charge in [0.2, 0.25) is 29.7 Å². The maximum absolute atomic E-state index is 11.9. The first-order chi connectivity index (χ1) is 67.7. The summed E-state index contributed by atoms with van der Waals surface area (Å²) in [5.74, 6) is 1.59. The van der Waals surface area contributed by atoms with Gasteiger partial charge in [-0.2, -0.15) is 0 Å². The number of pyridine rings is 6. The number of aromatic nitrogens is 18. The normalized spacial score (nSPS) is 11.2. The van der Waals surface area contributed by atoms with Crippen molar-refractivity contribution in [2.45, 2.75) is 120 Å². The zero-order valence-corrected chi connectivity index (χ0v) is 80.7. The van der Waals surface area contributed by atoms with Crippen LogP contribution in [0.15, 0.2) is 182 Å². The number of aldehydes is 1. The van der Waals surface area contributed by atoms with Gasteiger partial charge in [-0.25, -0.2) is 49.3 Å². The van der Waals surface area contributed by atoms with E-state index in [1.54, 1.807) is 183 Å². The Labute approximate surface area is 853 Å². The van der Waals surface area contributed by atoms with Crippen molar-refractivity contribution in [3.63, 3.8) is 0 Å². The summed E-state index contributed by atoms with van der Waals surface area (Å²) in [4.78, 5) is 99.8. The summed E-state index contributed by atoms with van der Waals surface area (Å²) >= 11 is 10.9. The second-order valence-corrected chi connectivity index (χ2v) is 32.3. The van der Waals surface area contributed by atoms with Crippen LogP contribution < -0.4 is 53.3 Å². The number of halogens is 2. The molecule has 13 heterocycles. The number of aromatic hydroxyl groups is 6. The molecule has 0 saturated carbocycles. The Morgan fingerprint density at radius 2 is 0.706 bits per heavy atom. The third-order valence-corrected chi connectivity index (χ3v) is 21.9. The zero-order chi connectivity index (χ0) is 101. The van der Waals surface area contributed by atoms with Crippen LogP contribution in [0.25, 0.3) is 66.2 Å². The minimum Gasteiger partial charge on any atom is -1.00 e. The van der Waals surface area contributed by atoms with Gasteiger partial charge in [0.05, 0.1) is 160 Å². The van der Waals surface area contributed by atoms with Crippen molar-refractivity contribution in [3.8, 4) is 34.5 Å². The average molecular weight is 2000 g/mol. The minimum absolute atomic E-state index is 0. The Balaban J connectivity index is 0.000000187. The molecule has 44 heteroatoms. The van der Waals surface area contributed by atoms with Crippen molar-refractivity contribution in [1.29, 1.82) is 0 Å². The van der Waals surface area contributed by atoms with E-state index in [1.807, 2.05) is 65.0 Å². The number of aromatic amines is 1. The Morgan fingerprint density at radius 3 is 1.09 bits per heavy atom. The number of alkyl halides is 1. The molecule has 12 aromatic heterocycles. The zero-order valence-electron chi connectivity index (χ0n) is 80.2. The van der Waals surface area contributed by atoms with Crippen molar-refractivity contribution >= 4 is 167 Å². The maximum Gasteiger partial charge on any atom is 1.00 e. The second kappa shape index (κ2) is 50.9. The number of hydrogen-bond donors (Lipinski definition) is 15. The third kappa shape index (κ3) is 28.4. The van der Waals surface area contributed by atoms with Crippen LogP contribution in [0.2, 0.25) is 5.15 Å². The predicted molar refractivity (Wildman–Crippen MR) is 547 cm³/mol. The number of esters is 3. The van der Waals surface area contributed by atoms with E-state index in [0.717, 1.165) is 97.7 Å². The molecular weight excluding hydrogens is 1890 g/mol. The third-order valence-electron chi connectivity index (χ3n) is 21.4. The summed E-state index contributed by atoms with van der Waals surface area (Å²) in [6.45, 7) is 18.9. The van der Waals surface area contributed by atoms with Crippen molar-refractivity contribution in [3.05, 3.63) is 283 Å². The van der Waals surface area contributed by atoms with Gasteiger partial charge in [-0.3, -0.25) is 29.7 Å². The number of nitrogen functional groups attached to an aromatic ring is 6. The van der Waals surface area contributed by atoms with E-state index >= 15 is 0 Å². The predicted octanol–water partition coefficient (Wildman–Crippen LogP) is 9.76. The van der Waals surface area contributed by atoms with E-state index < -0.39 is 11.9 Å². The van der Waals surface area contributed by atoms with Gasteiger partial charge in [0, 0.05) is 47.2 Å². The summed E-state index contributed by atoms with van der Waals surface area (Å²) < 4.78 is 28.6. The number of nitrogens with one attached hydrogen (secondary N) is 1. The number of nitrogens with zero attached hydrogens (tertiary/aromatic N) is 17. The van der Waals surface area contributed by atoms with Crippen LogP contribution >= 0.6 is 23.2 Å². The van der Waals surface area contributed by atoms with Crippen molar-refractivity contribution in [2.75, 3.05) is 67.4 Å². The summed E-state index contributed by atoms with van der Waals surface area (Å²) in [7, 11) is 0. The number of ether oxygens (including phenoxy) is 4. The molecule has 19 rings (SSSR count). The Hall–Kier alpha value is -15.7. The fourth-order valence-corrected chi connectivity index (χ4v) is 14.8. The van der Waals surface area contributed by atoms with Gasteiger partial charge in [-0.1, -0.05) is 23.7 Å². The Bertz CT molecular complexity index is 7540.